The number of nitrogens with one attached hydrogen (secondary N) is 2. The third-order valence-electron chi connectivity index (χ3n) is 2.28. The van der Waals surface area contributed by atoms with Gasteiger partial charge in [-0.3, -0.25) is 19.1 Å². The van der Waals surface area contributed by atoms with Crippen molar-refractivity contribution in [1.29, 1.82) is 0 Å². The third-order valence-corrected chi connectivity index (χ3v) is 2.28. The molecule has 1 rings (SSSR count). The molecular weight excluding hydrogens is 258 g/mol. The molecule has 0 fully saturated rings. The highest BCUT2D eigenvalue weighted by atomic mass is 16.4. The van der Waals surface area contributed by atoms with E-state index in [1.165, 1.54) is 6.92 Å². The molecule has 0 aliphatic heterocycles. The number of aliphatic carboxylic acids is 1. The molecule has 1 aromatic rings. The molecule has 0 radical (unpaired) electrons. The largest absolute Gasteiger partial charge is 0.480 e. The molecular formula is C10H13N3O6. The number of rotatable bonds is 5. The maximum absolute atomic E-state index is 11.5. The second-order valence-corrected chi connectivity index (χ2v) is 3.86. The number of aliphatic hydroxyl groups excluding tert-OH is 1. The van der Waals surface area contributed by atoms with E-state index in [-0.39, 0.29) is 0 Å². The Kier molecular flexibility index (Phi) is 4.59. The van der Waals surface area contributed by atoms with Crippen molar-refractivity contribution >= 4 is 11.9 Å². The van der Waals surface area contributed by atoms with Crippen LogP contribution in [0, 0.1) is 0 Å². The van der Waals surface area contributed by atoms with Crippen LogP contribution in [0.25, 0.3) is 0 Å². The molecule has 0 saturated carbocycles. The Labute approximate surface area is 106 Å². The van der Waals surface area contributed by atoms with Crippen LogP contribution in [0.1, 0.15) is 6.92 Å². The average molecular weight is 271 g/mol. The van der Waals surface area contributed by atoms with Gasteiger partial charge in [0.2, 0.25) is 5.91 Å². The van der Waals surface area contributed by atoms with Gasteiger partial charge >= 0.3 is 11.7 Å². The van der Waals surface area contributed by atoms with E-state index in [1.54, 1.807) is 0 Å². The Bertz CT molecular complexity index is 587. The molecule has 0 unspecified atom stereocenters. The number of carboxylic acids is 1. The number of carboxylic acid groups (broad SMARTS) is 1. The van der Waals surface area contributed by atoms with E-state index in [2.05, 4.69) is 5.32 Å². The van der Waals surface area contributed by atoms with Crippen LogP contribution in [0.5, 0.6) is 0 Å². The van der Waals surface area contributed by atoms with Gasteiger partial charge in [-0.2, -0.15) is 0 Å². The second kappa shape index (κ2) is 5.96. The first kappa shape index (κ1) is 14.6. The summed E-state index contributed by atoms with van der Waals surface area (Å²) >= 11 is 0. The minimum Gasteiger partial charge on any atom is -0.480 e. The molecule has 19 heavy (non-hydrogen) atoms. The van der Waals surface area contributed by atoms with Crippen molar-refractivity contribution in [1.82, 2.24) is 14.9 Å². The maximum atomic E-state index is 11.5. The lowest BCUT2D eigenvalue weighted by molar-refractivity contribution is -0.144. The summed E-state index contributed by atoms with van der Waals surface area (Å²) in [6.07, 6.45) is -0.174. The van der Waals surface area contributed by atoms with E-state index in [4.69, 9.17) is 5.11 Å². The summed E-state index contributed by atoms with van der Waals surface area (Å²) in [6, 6.07) is -0.413. The number of carbonyl (C=O) groups excluding carboxylic acids is 1. The monoisotopic (exact) mass is 271 g/mol. The predicted octanol–water partition coefficient (Wildman–Crippen LogP) is -2.51. The Morgan fingerprint density at radius 1 is 1.47 bits per heavy atom. The summed E-state index contributed by atoms with van der Waals surface area (Å²) in [5, 5.41) is 20.0. The first-order valence-corrected chi connectivity index (χ1v) is 5.31. The molecule has 1 aromatic heterocycles. The zero-order valence-corrected chi connectivity index (χ0v) is 9.99. The second-order valence-electron chi connectivity index (χ2n) is 3.86. The van der Waals surface area contributed by atoms with E-state index in [1.807, 2.05) is 4.98 Å². The van der Waals surface area contributed by atoms with Crippen LogP contribution in [-0.2, 0) is 16.1 Å². The number of aromatic nitrogens is 2. The third kappa shape index (κ3) is 4.07. The van der Waals surface area contributed by atoms with Crippen LogP contribution in [0.15, 0.2) is 21.9 Å². The number of nitrogens with zero attached hydrogens (tertiary/aromatic N) is 1. The van der Waals surface area contributed by atoms with Crippen molar-refractivity contribution in [3.8, 4) is 0 Å². The van der Waals surface area contributed by atoms with Crippen molar-refractivity contribution in [3.63, 3.8) is 0 Å². The van der Waals surface area contributed by atoms with Crippen molar-refractivity contribution in [3.05, 3.63) is 33.1 Å². The average Bonchev–Trinajstić information content (AvgIpc) is 2.29. The summed E-state index contributed by atoms with van der Waals surface area (Å²) in [6.45, 7) is 0.747. The summed E-state index contributed by atoms with van der Waals surface area (Å²) in [5.74, 6) is -2.17. The van der Waals surface area contributed by atoms with Crippen molar-refractivity contribution in [2.45, 2.75) is 25.6 Å². The molecule has 0 aliphatic rings. The van der Waals surface area contributed by atoms with Gasteiger partial charge in [-0.15, -0.1) is 0 Å². The molecule has 0 aromatic carbocycles. The van der Waals surface area contributed by atoms with Gasteiger partial charge in [0, 0.05) is 12.3 Å². The molecule has 104 valence electrons. The van der Waals surface area contributed by atoms with Gasteiger partial charge in [0.1, 0.15) is 6.54 Å². The van der Waals surface area contributed by atoms with Crippen molar-refractivity contribution in [2.24, 2.45) is 0 Å². The van der Waals surface area contributed by atoms with E-state index in [9.17, 15) is 24.3 Å². The Balaban J connectivity index is 2.77. The van der Waals surface area contributed by atoms with E-state index >= 15 is 0 Å². The maximum Gasteiger partial charge on any atom is 0.328 e. The zero-order chi connectivity index (χ0) is 14.6. The van der Waals surface area contributed by atoms with Crippen molar-refractivity contribution < 1.29 is 19.8 Å². The number of aromatic amines is 1. The van der Waals surface area contributed by atoms with Crippen LogP contribution in [0.3, 0.4) is 0 Å². The summed E-state index contributed by atoms with van der Waals surface area (Å²) in [4.78, 5) is 46.3. The quantitative estimate of drug-likeness (QED) is 0.466. The highest BCUT2D eigenvalue weighted by molar-refractivity contribution is 5.83. The van der Waals surface area contributed by atoms with Gasteiger partial charge in [0.25, 0.3) is 5.56 Å². The first-order chi connectivity index (χ1) is 8.81. The smallest absolute Gasteiger partial charge is 0.328 e. The molecule has 0 saturated heterocycles. The first-order valence-electron chi connectivity index (χ1n) is 5.31. The Hall–Kier alpha value is -2.42. The van der Waals surface area contributed by atoms with Crippen LogP contribution in [-0.4, -0.2) is 43.8 Å². The minimum atomic E-state index is -1.47. The van der Waals surface area contributed by atoms with Gasteiger partial charge in [0.05, 0.1) is 6.10 Å². The predicted molar refractivity (Wildman–Crippen MR) is 62.6 cm³/mol. The summed E-state index contributed by atoms with van der Waals surface area (Å²) in [5.41, 5.74) is -1.39. The Morgan fingerprint density at radius 2 is 2.11 bits per heavy atom. The van der Waals surface area contributed by atoms with Gasteiger partial charge < -0.3 is 15.5 Å². The number of amides is 1. The van der Waals surface area contributed by atoms with E-state index in [0.29, 0.717) is 0 Å². The molecule has 0 spiro atoms. The minimum absolute atomic E-state index is 0.466. The number of aliphatic hydroxyl groups is 1. The molecule has 4 N–H and O–H groups in total. The number of hydrogen-bond donors (Lipinski definition) is 4. The molecule has 0 aliphatic carbocycles. The van der Waals surface area contributed by atoms with Crippen LogP contribution in [0.2, 0.25) is 0 Å². The van der Waals surface area contributed by atoms with Gasteiger partial charge in [-0.1, -0.05) is 0 Å². The highest BCUT2D eigenvalue weighted by Gasteiger charge is 2.24. The molecule has 1 heterocycles. The van der Waals surface area contributed by atoms with Crippen LogP contribution in [0.4, 0.5) is 0 Å². The Morgan fingerprint density at radius 3 is 2.58 bits per heavy atom. The van der Waals surface area contributed by atoms with Gasteiger partial charge in [-0.25, -0.2) is 9.59 Å². The molecule has 1 amide bonds. The fourth-order valence-corrected chi connectivity index (χ4v) is 1.33. The molecule has 2 atom stereocenters. The van der Waals surface area contributed by atoms with Gasteiger partial charge in [0.15, 0.2) is 6.04 Å². The summed E-state index contributed by atoms with van der Waals surface area (Å²) < 4.78 is 0.900. The topological polar surface area (TPSA) is 141 Å². The number of H-pyrrole nitrogens is 1. The van der Waals surface area contributed by atoms with E-state index < -0.39 is 41.8 Å². The number of hydrogen-bond acceptors (Lipinski definition) is 5. The van der Waals surface area contributed by atoms with Crippen LogP contribution < -0.4 is 16.6 Å². The normalized spacial score (nSPS) is 13.6. The van der Waals surface area contributed by atoms with Crippen molar-refractivity contribution in [2.75, 3.05) is 0 Å². The molecule has 9 nitrogen and oxygen atoms in total. The molecule has 9 heteroatoms. The number of carbonyl (C=O) groups is 2. The lowest BCUT2D eigenvalue weighted by atomic mass is 10.2. The standard InChI is InChI=1S/C10H13N3O6/c1-5(14)8(9(17)18)11-7(16)4-13-3-2-6(15)12-10(13)19/h2-3,5,8,14H,4H2,1H3,(H,11,16)(H,17,18)(H,12,15,19)/t5-,8+/m1/s1. The lowest BCUT2D eigenvalue weighted by Gasteiger charge is -2.17. The fraction of sp³-hybridized carbons (Fsp3) is 0.400. The van der Waals surface area contributed by atoms with Crippen LogP contribution >= 0.6 is 0 Å². The van der Waals surface area contributed by atoms with E-state index in [0.717, 1.165) is 16.8 Å². The lowest BCUT2D eigenvalue weighted by Crippen LogP contribution is -2.49. The fourth-order valence-electron chi connectivity index (χ4n) is 1.33. The van der Waals surface area contributed by atoms with Gasteiger partial charge in [-0.05, 0) is 6.92 Å². The summed E-state index contributed by atoms with van der Waals surface area (Å²) in [7, 11) is 0. The SMILES string of the molecule is C[C@@H](O)[C@H](NC(=O)Cn1ccc(=O)[nH]c1=O)C(=O)O. The molecule has 0 bridgehead atoms. The highest BCUT2D eigenvalue weighted by Crippen LogP contribution is 1.93. The zero-order valence-electron chi connectivity index (χ0n) is 9.99.